The molecule has 4 nitrogen and oxygen atoms in total. The van der Waals surface area contributed by atoms with Gasteiger partial charge in [0.1, 0.15) is 5.52 Å². The summed E-state index contributed by atoms with van der Waals surface area (Å²) in [5.41, 5.74) is 0.204. The summed E-state index contributed by atoms with van der Waals surface area (Å²) in [5, 5.41) is 12.5. The zero-order chi connectivity index (χ0) is 10.2. The van der Waals surface area contributed by atoms with Gasteiger partial charge in [-0.2, -0.15) is 0 Å². The van der Waals surface area contributed by atoms with E-state index in [1.165, 1.54) is 0 Å². The van der Waals surface area contributed by atoms with Crippen LogP contribution in [0.5, 0.6) is 0 Å². The second kappa shape index (κ2) is 3.08. The number of hydrogen-bond donors (Lipinski definition) is 2. The van der Waals surface area contributed by atoms with Crippen molar-refractivity contribution in [3.8, 4) is 0 Å². The molecule has 14 heavy (non-hydrogen) atoms. The van der Waals surface area contributed by atoms with Crippen molar-refractivity contribution in [1.29, 1.82) is 0 Å². The average Bonchev–Trinajstić information content (AvgIpc) is 2.61. The molecule has 0 radical (unpaired) electrons. The molecule has 0 saturated carbocycles. The Morgan fingerprint density at radius 1 is 1.43 bits per heavy atom. The molecule has 74 valence electrons. The maximum absolute atomic E-state index is 9.83. The first-order chi connectivity index (χ1) is 6.63. The summed E-state index contributed by atoms with van der Waals surface area (Å²) in [4.78, 5) is 4.18. The second-order valence-corrected chi connectivity index (χ2v) is 3.31. The highest BCUT2D eigenvalue weighted by atomic mass is 16.4. The maximum Gasteiger partial charge on any atom is 0.242 e. The molecule has 2 N–H and O–H groups in total. The van der Waals surface area contributed by atoms with Gasteiger partial charge >= 0.3 is 0 Å². The summed E-state index contributed by atoms with van der Waals surface area (Å²) in [6, 6.07) is 7.40. The van der Waals surface area contributed by atoms with Crippen LogP contribution in [0.2, 0.25) is 0 Å². The van der Waals surface area contributed by atoms with Gasteiger partial charge in [0.2, 0.25) is 5.89 Å². The van der Waals surface area contributed by atoms with E-state index in [0.717, 1.165) is 5.52 Å². The Kier molecular flexibility index (Phi) is 2.02. The first-order valence-corrected chi connectivity index (χ1v) is 4.41. The van der Waals surface area contributed by atoms with E-state index in [-0.39, 0.29) is 5.89 Å². The van der Waals surface area contributed by atoms with Gasteiger partial charge in [0, 0.05) is 0 Å². The largest absolute Gasteiger partial charge is 0.436 e. The zero-order valence-electron chi connectivity index (χ0n) is 8.11. The topological polar surface area (TPSA) is 58.3 Å². The lowest BCUT2D eigenvalue weighted by atomic mass is 10.3. The fourth-order valence-electron chi connectivity index (χ4n) is 1.19. The van der Waals surface area contributed by atoms with Gasteiger partial charge in [-0.25, -0.2) is 4.98 Å². The lowest BCUT2D eigenvalue weighted by Gasteiger charge is -2.17. The highest BCUT2D eigenvalue weighted by Crippen LogP contribution is 2.21. The summed E-state index contributed by atoms with van der Waals surface area (Å²) < 4.78 is 5.40. The van der Waals surface area contributed by atoms with Crippen molar-refractivity contribution < 1.29 is 9.52 Å². The van der Waals surface area contributed by atoms with Crippen LogP contribution in [0.4, 0.5) is 0 Å². The van der Waals surface area contributed by atoms with E-state index in [2.05, 4.69) is 10.3 Å². The molecule has 1 heterocycles. The normalized spacial score (nSPS) is 15.6. The summed E-state index contributed by atoms with van der Waals surface area (Å²) in [7, 11) is 1.65. The number of nitrogens with zero attached hydrogens (tertiary/aromatic N) is 1. The van der Waals surface area contributed by atoms with Crippen LogP contribution in [0, 0.1) is 0 Å². The van der Waals surface area contributed by atoms with Gasteiger partial charge in [-0.05, 0) is 26.1 Å². The molecule has 0 fully saturated rings. The SMILES string of the molecule is CNC(C)(O)c1nc2ccccc2o1. The van der Waals surface area contributed by atoms with Crippen LogP contribution in [-0.2, 0) is 5.72 Å². The highest BCUT2D eigenvalue weighted by molar-refractivity contribution is 5.72. The molecule has 0 saturated heterocycles. The lowest BCUT2D eigenvalue weighted by molar-refractivity contribution is 0.00277. The van der Waals surface area contributed by atoms with E-state index < -0.39 is 5.72 Å². The van der Waals surface area contributed by atoms with Gasteiger partial charge < -0.3 is 9.52 Å². The van der Waals surface area contributed by atoms with Crippen LogP contribution in [0.25, 0.3) is 11.1 Å². The van der Waals surface area contributed by atoms with Gasteiger partial charge in [0.05, 0.1) is 0 Å². The molecule has 0 aliphatic rings. The monoisotopic (exact) mass is 192 g/mol. The first-order valence-electron chi connectivity index (χ1n) is 4.41. The van der Waals surface area contributed by atoms with Crippen LogP contribution in [0.3, 0.4) is 0 Å². The molecule has 4 heteroatoms. The van der Waals surface area contributed by atoms with Crippen LogP contribution < -0.4 is 5.32 Å². The van der Waals surface area contributed by atoms with E-state index in [0.29, 0.717) is 5.58 Å². The minimum absolute atomic E-state index is 0.279. The van der Waals surface area contributed by atoms with Crippen molar-refractivity contribution >= 4 is 11.1 Å². The second-order valence-electron chi connectivity index (χ2n) is 3.31. The molecule has 1 aromatic carbocycles. The van der Waals surface area contributed by atoms with Gasteiger partial charge in [0.25, 0.3) is 0 Å². The quantitative estimate of drug-likeness (QED) is 0.702. The molecule has 2 aromatic rings. The van der Waals surface area contributed by atoms with Crippen LogP contribution in [0.1, 0.15) is 12.8 Å². The lowest BCUT2D eigenvalue weighted by Crippen LogP contribution is -2.36. The molecule has 1 atom stereocenters. The van der Waals surface area contributed by atoms with Crippen LogP contribution >= 0.6 is 0 Å². The van der Waals surface area contributed by atoms with Crippen molar-refractivity contribution in [3.05, 3.63) is 30.2 Å². The number of aromatic nitrogens is 1. The number of aliphatic hydroxyl groups is 1. The molecule has 0 aliphatic heterocycles. The third-order valence-corrected chi connectivity index (χ3v) is 2.20. The minimum Gasteiger partial charge on any atom is -0.436 e. The number of fused-ring (bicyclic) bond motifs is 1. The summed E-state index contributed by atoms with van der Waals surface area (Å²) in [5.74, 6) is 0.279. The van der Waals surface area contributed by atoms with E-state index in [4.69, 9.17) is 4.42 Å². The number of hydrogen-bond acceptors (Lipinski definition) is 4. The molecular weight excluding hydrogens is 180 g/mol. The molecule has 1 aromatic heterocycles. The molecule has 0 bridgehead atoms. The van der Waals surface area contributed by atoms with Gasteiger partial charge in [-0.3, -0.25) is 5.32 Å². The Morgan fingerprint density at radius 3 is 2.79 bits per heavy atom. The first kappa shape index (κ1) is 9.18. The number of rotatable bonds is 2. The Bertz CT molecular complexity index is 415. The van der Waals surface area contributed by atoms with Gasteiger partial charge in [0.15, 0.2) is 11.3 Å². The standard InChI is InChI=1S/C10H12N2O2/c1-10(13,11-2)9-12-7-5-3-4-6-8(7)14-9/h3-6,11,13H,1-2H3. The summed E-state index contributed by atoms with van der Waals surface area (Å²) in [6.07, 6.45) is 0. The summed E-state index contributed by atoms with van der Waals surface area (Å²) >= 11 is 0. The Balaban J connectivity index is 2.55. The minimum atomic E-state index is -1.22. The third-order valence-electron chi connectivity index (χ3n) is 2.20. The number of benzene rings is 1. The Labute approximate surface area is 81.6 Å². The van der Waals surface area contributed by atoms with Crippen LogP contribution in [0.15, 0.2) is 28.7 Å². The predicted molar refractivity (Wildman–Crippen MR) is 52.6 cm³/mol. The Hall–Kier alpha value is -1.39. The van der Waals surface area contributed by atoms with Crippen molar-refractivity contribution in [1.82, 2.24) is 10.3 Å². The van der Waals surface area contributed by atoms with E-state index in [9.17, 15) is 5.11 Å². The average molecular weight is 192 g/mol. The van der Waals surface area contributed by atoms with Crippen LogP contribution in [-0.4, -0.2) is 17.1 Å². The maximum atomic E-state index is 9.83. The zero-order valence-corrected chi connectivity index (χ0v) is 8.11. The molecular formula is C10H12N2O2. The molecule has 0 aliphatic carbocycles. The van der Waals surface area contributed by atoms with Crippen molar-refractivity contribution in [3.63, 3.8) is 0 Å². The van der Waals surface area contributed by atoms with E-state index in [1.54, 1.807) is 14.0 Å². The smallest absolute Gasteiger partial charge is 0.242 e. The van der Waals surface area contributed by atoms with Gasteiger partial charge in [-0.1, -0.05) is 12.1 Å². The molecule has 1 unspecified atom stereocenters. The number of nitrogens with one attached hydrogen (secondary N) is 1. The van der Waals surface area contributed by atoms with Gasteiger partial charge in [-0.15, -0.1) is 0 Å². The predicted octanol–water partition coefficient (Wildman–Crippen LogP) is 1.21. The summed E-state index contributed by atoms with van der Waals surface area (Å²) in [6.45, 7) is 1.59. The number of para-hydroxylation sites is 2. The molecule has 2 rings (SSSR count). The van der Waals surface area contributed by atoms with Crippen molar-refractivity contribution in [2.75, 3.05) is 7.05 Å². The Morgan fingerprint density at radius 2 is 2.14 bits per heavy atom. The van der Waals surface area contributed by atoms with Crippen molar-refractivity contribution in [2.24, 2.45) is 0 Å². The highest BCUT2D eigenvalue weighted by Gasteiger charge is 2.26. The van der Waals surface area contributed by atoms with E-state index >= 15 is 0 Å². The fourth-order valence-corrected chi connectivity index (χ4v) is 1.19. The van der Waals surface area contributed by atoms with E-state index in [1.807, 2.05) is 24.3 Å². The number of oxazole rings is 1. The molecule has 0 amide bonds. The third kappa shape index (κ3) is 1.38. The van der Waals surface area contributed by atoms with Crippen molar-refractivity contribution in [2.45, 2.75) is 12.6 Å². The fraction of sp³-hybridized carbons (Fsp3) is 0.300. The molecule has 0 spiro atoms.